The van der Waals surface area contributed by atoms with Gasteiger partial charge in [-0.3, -0.25) is 4.79 Å². The fourth-order valence-electron chi connectivity index (χ4n) is 1.32. The molecule has 1 rings (SSSR count). The Hall–Kier alpha value is -1.58. The molecule has 1 N–H and O–H groups in total. The quantitative estimate of drug-likeness (QED) is 0.835. The van der Waals surface area contributed by atoms with E-state index in [2.05, 4.69) is 0 Å². The molecule has 0 radical (unpaired) electrons. The topological polar surface area (TPSA) is 46.5 Å². The first-order chi connectivity index (χ1) is 6.91. The Bertz CT molecular complexity index is 385. The maximum atomic E-state index is 13.3. The van der Waals surface area contributed by atoms with Crippen LogP contribution in [0.1, 0.15) is 19.4 Å². The van der Waals surface area contributed by atoms with Crippen molar-refractivity contribution in [1.82, 2.24) is 0 Å². The highest BCUT2D eigenvalue weighted by Crippen LogP contribution is 2.33. The molecular weight excluding hydrogens is 199 g/mol. The SMILES string of the molecule is COc1c(F)cccc1C(C)(C)C(=O)O. The second-order valence-corrected chi connectivity index (χ2v) is 3.75. The van der Waals surface area contributed by atoms with Gasteiger partial charge in [-0.2, -0.15) is 0 Å². The molecule has 0 atom stereocenters. The lowest BCUT2D eigenvalue weighted by Crippen LogP contribution is -2.29. The lowest BCUT2D eigenvalue weighted by Gasteiger charge is -2.22. The van der Waals surface area contributed by atoms with E-state index in [1.54, 1.807) is 6.07 Å². The van der Waals surface area contributed by atoms with Crippen molar-refractivity contribution in [1.29, 1.82) is 0 Å². The molecule has 0 heterocycles. The molecule has 0 aromatic heterocycles. The highest BCUT2D eigenvalue weighted by Gasteiger charge is 2.33. The summed E-state index contributed by atoms with van der Waals surface area (Å²) in [6.45, 7) is 3.01. The number of ether oxygens (including phenoxy) is 1. The van der Waals surface area contributed by atoms with Gasteiger partial charge in [-0.15, -0.1) is 0 Å². The van der Waals surface area contributed by atoms with Crippen molar-refractivity contribution in [2.24, 2.45) is 0 Å². The number of rotatable bonds is 3. The molecule has 4 heteroatoms. The first-order valence-corrected chi connectivity index (χ1v) is 4.47. The van der Waals surface area contributed by atoms with E-state index in [1.807, 2.05) is 0 Å². The second-order valence-electron chi connectivity index (χ2n) is 3.75. The van der Waals surface area contributed by atoms with Crippen LogP contribution < -0.4 is 4.74 Å². The van der Waals surface area contributed by atoms with Crippen molar-refractivity contribution in [3.05, 3.63) is 29.6 Å². The fourth-order valence-corrected chi connectivity index (χ4v) is 1.32. The number of aliphatic carboxylic acids is 1. The molecule has 1 aromatic rings. The van der Waals surface area contributed by atoms with Crippen LogP contribution in [-0.4, -0.2) is 18.2 Å². The van der Waals surface area contributed by atoms with Gasteiger partial charge in [0.1, 0.15) is 0 Å². The van der Waals surface area contributed by atoms with E-state index >= 15 is 0 Å². The Labute approximate surface area is 87.5 Å². The number of hydrogen-bond acceptors (Lipinski definition) is 2. The third-order valence-electron chi connectivity index (χ3n) is 2.38. The van der Waals surface area contributed by atoms with E-state index < -0.39 is 17.2 Å². The van der Waals surface area contributed by atoms with E-state index in [0.717, 1.165) is 0 Å². The summed E-state index contributed by atoms with van der Waals surface area (Å²) in [7, 11) is 1.32. The first-order valence-electron chi connectivity index (χ1n) is 4.47. The fraction of sp³-hybridized carbons (Fsp3) is 0.364. The van der Waals surface area contributed by atoms with Crippen molar-refractivity contribution >= 4 is 5.97 Å². The van der Waals surface area contributed by atoms with Crippen LogP contribution in [0.2, 0.25) is 0 Å². The molecular formula is C11H13FO3. The molecule has 82 valence electrons. The molecule has 0 saturated carbocycles. The molecule has 3 nitrogen and oxygen atoms in total. The Morgan fingerprint density at radius 2 is 2.07 bits per heavy atom. The standard InChI is InChI=1S/C11H13FO3/c1-11(2,10(13)14)7-5-4-6-8(12)9(7)15-3/h4-6H,1-3H3,(H,13,14). The van der Waals surface area contributed by atoms with Crippen LogP contribution in [-0.2, 0) is 10.2 Å². The van der Waals surface area contributed by atoms with Crippen molar-refractivity contribution in [3.63, 3.8) is 0 Å². The molecule has 0 unspecified atom stereocenters. The van der Waals surface area contributed by atoms with Gasteiger partial charge in [-0.1, -0.05) is 12.1 Å². The summed E-state index contributed by atoms with van der Waals surface area (Å²) in [5.41, 5.74) is -0.842. The summed E-state index contributed by atoms with van der Waals surface area (Å²) < 4.78 is 18.2. The van der Waals surface area contributed by atoms with Crippen LogP contribution in [0.5, 0.6) is 5.75 Å². The lowest BCUT2D eigenvalue weighted by atomic mass is 9.84. The van der Waals surface area contributed by atoms with Gasteiger partial charge in [-0.05, 0) is 19.9 Å². The Kier molecular flexibility index (Phi) is 2.98. The number of carboxylic acids is 1. The Balaban J connectivity index is 3.37. The number of carbonyl (C=O) groups is 1. The van der Waals surface area contributed by atoms with Gasteiger partial charge in [-0.25, -0.2) is 4.39 Å². The number of para-hydroxylation sites is 1. The van der Waals surface area contributed by atoms with E-state index in [4.69, 9.17) is 9.84 Å². The van der Waals surface area contributed by atoms with Crippen molar-refractivity contribution in [2.45, 2.75) is 19.3 Å². The van der Waals surface area contributed by atoms with Gasteiger partial charge in [0, 0.05) is 5.56 Å². The predicted octanol–water partition coefficient (Wildman–Crippen LogP) is 2.20. The first kappa shape index (κ1) is 11.5. The maximum absolute atomic E-state index is 13.3. The number of methoxy groups -OCH3 is 1. The Morgan fingerprint density at radius 1 is 1.47 bits per heavy atom. The summed E-state index contributed by atoms with van der Waals surface area (Å²) in [5.74, 6) is -1.58. The zero-order chi connectivity index (χ0) is 11.6. The number of carboxylic acid groups (broad SMARTS) is 1. The molecule has 0 bridgehead atoms. The van der Waals surface area contributed by atoms with Gasteiger partial charge >= 0.3 is 5.97 Å². The Morgan fingerprint density at radius 3 is 2.53 bits per heavy atom. The largest absolute Gasteiger partial charge is 0.493 e. The minimum Gasteiger partial charge on any atom is -0.493 e. The molecule has 0 aliphatic heterocycles. The summed E-state index contributed by atoms with van der Waals surface area (Å²) in [4.78, 5) is 11.0. The van der Waals surface area contributed by atoms with Gasteiger partial charge in [0.2, 0.25) is 0 Å². The van der Waals surface area contributed by atoms with Crippen LogP contribution in [0.3, 0.4) is 0 Å². The van der Waals surface area contributed by atoms with E-state index in [0.29, 0.717) is 5.56 Å². The van der Waals surface area contributed by atoms with Crippen LogP contribution in [0.4, 0.5) is 4.39 Å². The normalized spacial score (nSPS) is 11.2. The highest BCUT2D eigenvalue weighted by molar-refractivity contribution is 5.81. The molecule has 0 saturated heterocycles. The molecule has 0 aliphatic rings. The third-order valence-corrected chi connectivity index (χ3v) is 2.38. The van der Waals surface area contributed by atoms with Crippen LogP contribution >= 0.6 is 0 Å². The summed E-state index contributed by atoms with van der Waals surface area (Å²) in [5, 5.41) is 9.03. The van der Waals surface area contributed by atoms with Crippen LogP contribution in [0.15, 0.2) is 18.2 Å². The smallest absolute Gasteiger partial charge is 0.313 e. The minimum absolute atomic E-state index is 0.00935. The third kappa shape index (κ3) is 1.93. The molecule has 1 aromatic carbocycles. The van der Waals surface area contributed by atoms with Crippen molar-refractivity contribution in [2.75, 3.05) is 7.11 Å². The van der Waals surface area contributed by atoms with Crippen molar-refractivity contribution < 1.29 is 19.0 Å². The van der Waals surface area contributed by atoms with E-state index in [9.17, 15) is 9.18 Å². The average Bonchev–Trinajstić information content (AvgIpc) is 2.17. The van der Waals surface area contributed by atoms with Crippen LogP contribution in [0, 0.1) is 5.82 Å². The number of halogens is 1. The molecule has 0 fully saturated rings. The maximum Gasteiger partial charge on any atom is 0.313 e. The highest BCUT2D eigenvalue weighted by atomic mass is 19.1. The van der Waals surface area contributed by atoms with Gasteiger partial charge in [0.05, 0.1) is 12.5 Å². The summed E-state index contributed by atoms with van der Waals surface area (Å²) in [6, 6.07) is 4.26. The van der Waals surface area contributed by atoms with E-state index in [1.165, 1.54) is 33.1 Å². The minimum atomic E-state index is -1.17. The molecule has 15 heavy (non-hydrogen) atoms. The van der Waals surface area contributed by atoms with Gasteiger partial charge in [0.25, 0.3) is 0 Å². The average molecular weight is 212 g/mol. The number of hydrogen-bond donors (Lipinski definition) is 1. The van der Waals surface area contributed by atoms with E-state index in [-0.39, 0.29) is 5.75 Å². The second kappa shape index (κ2) is 3.88. The molecule has 0 amide bonds. The van der Waals surface area contributed by atoms with Crippen LogP contribution in [0.25, 0.3) is 0 Å². The summed E-state index contributed by atoms with van der Waals surface area (Å²) >= 11 is 0. The monoisotopic (exact) mass is 212 g/mol. The lowest BCUT2D eigenvalue weighted by molar-refractivity contribution is -0.142. The zero-order valence-electron chi connectivity index (χ0n) is 8.87. The summed E-state index contributed by atoms with van der Waals surface area (Å²) in [6.07, 6.45) is 0. The molecule has 0 spiro atoms. The van der Waals surface area contributed by atoms with Gasteiger partial charge in [0.15, 0.2) is 11.6 Å². The predicted molar refractivity (Wildman–Crippen MR) is 53.6 cm³/mol. The zero-order valence-corrected chi connectivity index (χ0v) is 8.87. The van der Waals surface area contributed by atoms with Gasteiger partial charge < -0.3 is 9.84 Å². The van der Waals surface area contributed by atoms with Crippen molar-refractivity contribution in [3.8, 4) is 5.75 Å². The molecule has 0 aliphatic carbocycles. The number of benzene rings is 1.